The minimum absolute atomic E-state index is 0.373. The third-order valence-electron chi connectivity index (χ3n) is 3.38. The first-order valence-electron chi connectivity index (χ1n) is 6.54. The molecule has 0 aliphatic carbocycles. The predicted molar refractivity (Wildman–Crippen MR) is 78.3 cm³/mol. The Kier molecular flexibility index (Phi) is 5.39. The van der Waals surface area contributed by atoms with Crippen LogP contribution in [0.4, 0.5) is 5.82 Å². The average molecular weight is 330 g/mol. The Morgan fingerprint density at radius 3 is 2.74 bits per heavy atom. The summed E-state index contributed by atoms with van der Waals surface area (Å²) in [4.78, 5) is 10.8. The van der Waals surface area contributed by atoms with Crippen LogP contribution in [0.3, 0.4) is 0 Å². The number of piperidine rings is 1. The fourth-order valence-electron chi connectivity index (χ4n) is 2.40. The number of hydrogen-bond acceptors (Lipinski definition) is 5. The van der Waals surface area contributed by atoms with Gasteiger partial charge in [-0.25, -0.2) is 9.97 Å². The van der Waals surface area contributed by atoms with Gasteiger partial charge in [-0.1, -0.05) is 15.9 Å². The van der Waals surface area contributed by atoms with Gasteiger partial charge in [0.05, 0.1) is 25.4 Å². The summed E-state index contributed by atoms with van der Waals surface area (Å²) >= 11 is 3.38. The van der Waals surface area contributed by atoms with E-state index in [0.717, 1.165) is 49.2 Å². The van der Waals surface area contributed by atoms with Crippen molar-refractivity contribution in [2.75, 3.05) is 37.0 Å². The van der Waals surface area contributed by atoms with Crippen LogP contribution < -0.4 is 9.64 Å². The summed E-state index contributed by atoms with van der Waals surface area (Å²) in [7, 11) is 1.64. The van der Waals surface area contributed by atoms with Crippen LogP contribution in [0, 0.1) is 6.92 Å². The van der Waals surface area contributed by atoms with Gasteiger partial charge in [-0.3, -0.25) is 0 Å². The van der Waals surface area contributed by atoms with Crippen molar-refractivity contribution in [2.45, 2.75) is 25.9 Å². The largest absolute Gasteiger partial charge is 0.481 e. The molecule has 1 aromatic rings. The topological polar surface area (TPSA) is 47.5 Å². The smallest absolute Gasteiger partial charge is 0.221 e. The quantitative estimate of drug-likeness (QED) is 0.775. The standard InChI is InChI=1S/C13H20BrN3O2/c1-10-12(15-9-16-13(10)18-2)17-6-3-11(4-7-17)19-8-5-14/h9,11H,3-8H2,1-2H3. The number of rotatable bonds is 5. The van der Waals surface area contributed by atoms with Gasteiger partial charge in [-0.15, -0.1) is 0 Å². The molecule has 0 atom stereocenters. The number of methoxy groups -OCH3 is 1. The van der Waals surface area contributed by atoms with Crippen molar-refractivity contribution in [1.82, 2.24) is 9.97 Å². The van der Waals surface area contributed by atoms with Gasteiger partial charge < -0.3 is 14.4 Å². The minimum Gasteiger partial charge on any atom is -0.481 e. The fourth-order valence-corrected chi connectivity index (χ4v) is 2.58. The number of nitrogens with zero attached hydrogens (tertiary/aromatic N) is 3. The van der Waals surface area contributed by atoms with Gasteiger partial charge in [0, 0.05) is 18.4 Å². The molecule has 1 saturated heterocycles. The van der Waals surface area contributed by atoms with Crippen molar-refractivity contribution in [1.29, 1.82) is 0 Å². The Morgan fingerprint density at radius 2 is 2.11 bits per heavy atom. The Bertz CT molecular complexity index is 409. The van der Waals surface area contributed by atoms with Gasteiger partial charge in [0.2, 0.25) is 5.88 Å². The molecule has 0 radical (unpaired) electrons. The van der Waals surface area contributed by atoms with E-state index in [0.29, 0.717) is 12.0 Å². The highest BCUT2D eigenvalue weighted by Gasteiger charge is 2.22. The highest BCUT2D eigenvalue weighted by molar-refractivity contribution is 9.09. The maximum Gasteiger partial charge on any atom is 0.221 e. The van der Waals surface area contributed by atoms with Crippen molar-refractivity contribution in [3.05, 3.63) is 11.9 Å². The molecular formula is C13H20BrN3O2. The molecule has 0 spiro atoms. The Balaban J connectivity index is 1.98. The third kappa shape index (κ3) is 3.57. The normalized spacial score (nSPS) is 16.7. The first kappa shape index (κ1) is 14.5. The van der Waals surface area contributed by atoms with E-state index in [-0.39, 0.29) is 0 Å². The zero-order chi connectivity index (χ0) is 13.7. The molecule has 2 heterocycles. The van der Waals surface area contributed by atoms with Crippen LogP contribution in [-0.2, 0) is 4.74 Å². The molecule has 1 aliphatic rings. The number of anilines is 1. The summed E-state index contributed by atoms with van der Waals surface area (Å²) in [5.41, 5.74) is 1.00. The van der Waals surface area contributed by atoms with Gasteiger partial charge in [-0.05, 0) is 19.8 Å². The minimum atomic E-state index is 0.373. The van der Waals surface area contributed by atoms with Gasteiger partial charge >= 0.3 is 0 Å². The molecule has 5 nitrogen and oxygen atoms in total. The van der Waals surface area contributed by atoms with Crippen LogP contribution in [0.5, 0.6) is 5.88 Å². The molecule has 106 valence electrons. The molecule has 0 amide bonds. The van der Waals surface area contributed by atoms with E-state index in [1.807, 2.05) is 6.92 Å². The number of hydrogen-bond donors (Lipinski definition) is 0. The molecule has 2 rings (SSSR count). The Hall–Kier alpha value is -0.880. The van der Waals surface area contributed by atoms with Crippen LogP contribution in [0.25, 0.3) is 0 Å². The fraction of sp³-hybridized carbons (Fsp3) is 0.692. The van der Waals surface area contributed by atoms with Gasteiger partial charge in [0.1, 0.15) is 12.1 Å². The average Bonchev–Trinajstić information content (AvgIpc) is 2.46. The molecule has 0 unspecified atom stereocenters. The molecule has 1 aliphatic heterocycles. The maximum absolute atomic E-state index is 5.76. The molecule has 1 aromatic heterocycles. The van der Waals surface area contributed by atoms with E-state index in [9.17, 15) is 0 Å². The SMILES string of the molecule is COc1ncnc(N2CCC(OCCBr)CC2)c1C. The summed E-state index contributed by atoms with van der Waals surface area (Å²) in [6.45, 7) is 4.72. The van der Waals surface area contributed by atoms with Crippen LogP contribution in [0.1, 0.15) is 18.4 Å². The summed E-state index contributed by atoms with van der Waals surface area (Å²) in [6.07, 6.45) is 4.02. The van der Waals surface area contributed by atoms with Crippen LogP contribution in [-0.4, -0.2) is 48.2 Å². The number of aromatic nitrogens is 2. The van der Waals surface area contributed by atoms with E-state index in [2.05, 4.69) is 30.8 Å². The molecule has 0 bridgehead atoms. The Labute approximate surface area is 122 Å². The zero-order valence-electron chi connectivity index (χ0n) is 11.4. The molecule has 1 fully saturated rings. The van der Waals surface area contributed by atoms with Crippen LogP contribution >= 0.6 is 15.9 Å². The highest BCUT2D eigenvalue weighted by atomic mass is 79.9. The summed E-state index contributed by atoms with van der Waals surface area (Å²) in [5.74, 6) is 1.63. The van der Waals surface area contributed by atoms with Crippen molar-refractivity contribution in [3.8, 4) is 5.88 Å². The first-order valence-corrected chi connectivity index (χ1v) is 7.66. The first-order chi connectivity index (χ1) is 9.26. The second-order valence-corrected chi connectivity index (χ2v) is 5.37. The second kappa shape index (κ2) is 7.05. The summed E-state index contributed by atoms with van der Waals surface area (Å²) in [6, 6.07) is 0. The van der Waals surface area contributed by atoms with E-state index >= 15 is 0 Å². The monoisotopic (exact) mass is 329 g/mol. The van der Waals surface area contributed by atoms with Crippen molar-refractivity contribution in [3.63, 3.8) is 0 Å². The lowest BCUT2D eigenvalue weighted by Gasteiger charge is -2.33. The lowest BCUT2D eigenvalue weighted by Crippen LogP contribution is -2.38. The molecule has 0 saturated carbocycles. The third-order valence-corrected chi connectivity index (χ3v) is 3.70. The highest BCUT2D eigenvalue weighted by Crippen LogP contribution is 2.26. The van der Waals surface area contributed by atoms with E-state index in [1.165, 1.54) is 0 Å². The second-order valence-electron chi connectivity index (χ2n) is 4.58. The number of alkyl halides is 1. The molecule has 6 heteroatoms. The lowest BCUT2D eigenvalue weighted by molar-refractivity contribution is 0.0480. The molecular weight excluding hydrogens is 310 g/mol. The van der Waals surface area contributed by atoms with Crippen molar-refractivity contribution < 1.29 is 9.47 Å². The molecule has 19 heavy (non-hydrogen) atoms. The van der Waals surface area contributed by atoms with Gasteiger partial charge in [0.25, 0.3) is 0 Å². The van der Waals surface area contributed by atoms with E-state index < -0.39 is 0 Å². The van der Waals surface area contributed by atoms with Gasteiger partial charge in [-0.2, -0.15) is 0 Å². The number of halogens is 1. The van der Waals surface area contributed by atoms with Crippen LogP contribution in [0.15, 0.2) is 6.33 Å². The van der Waals surface area contributed by atoms with E-state index in [4.69, 9.17) is 9.47 Å². The molecule has 0 aromatic carbocycles. The Morgan fingerprint density at radius 1 is 1.37 bits per heavy atom. The van der Waals surface area contributed by atoms with Crippen LogP contribution in [0.2, 0.25) is 0 Å². The predicted octanol–water partition coefficient (Wildman–Crippen LogP) is 2.17. The summed E-state index contributed by atoms with van der Waals surface area (Å²) < 4.78 is 11.0. The van der Waals surface area contributed by atoms with Gasteiger partial charge in [0.15, 0.2) is 0 Å². The zero-order valence-corrected chi connectivity index (χ0v) is 13.0. The number of ether oxygens (including phenoxy) is 2. The van der Waals surface area contributed by atoms with Crippen molar-refractivity contribution in [2.24, 2.45) is 0 Å². The maximum atomic E-state index is 5.76. The lowest BCUT2D eigenvalue weighted by atomic mass is 10.1. The summed E-state index contributed by atoms with van der Waals surface area (Å²) in [5, 5.41) is 0.898. The van der Waals surface area contributed by atoms with E-state index in [1.54, 1.807) is 13.4 Å². The molecule has 0 N–H and O–H groups in total. The van der Waals surface area contributed by atoms with Crippen molar-refractivity contribution >= 4 is 21.7 Å².